The summed E-state index contributed by atoms with van der Waals surface area (Å²) in [5, 5.41) is 3.76. The van der Waals surface area contributed by atoms with Crippen LogP contribution in [0.25, 0.3) is 0 Å². The van der Waals surface area contributed by atoms with Crippen molar-refractivity contribution in [1.82, 2.24) is 15.1 Å². The minimum absolute atomic E-state index is 0.801. The highest BCUT2D eigenvalue weighted by Gasteiger charge is 2.40. The minimum atomic E-state index is 0.801. The highest BCUT2D eigenvalue weighted by molar-refractivity contribution is 7.99. The molecule has 3 heterocycles. The Bertz CT molecular complexity index is 279. The van der Waals surface area contributed by atoms with E-state index in [0.29, 0.717) is 0 Å². The van der Waals surface area contributed by atoms with E-state index >= 15 is 0 Å². The zero-order chi connectivity index (χ0) is 13.8. The second-order valence-electron chi connectivity index (χ2n) is 6.70. The van der Waals surface area contributed by atoms with Gasteiger partial charge in [-0.05, 0) is 38.6 Å². The number of nitrogens with zero attached hydrogens (tertiary/aromatic N) is 2. The molecule has 3 aliphatic rings. The normalized spacial score (nSPS) is 35.5. The van der Waals surface area contributed by atoms with Crippen LogP contribution in [0.3, 0.4) is 0 Å². The summed E-state index contributed by atoms with van der Waals surface area (Å²) in [5.41, 5.74) is 0. The van der Waals surface area contributed by atoms with E-state index in [1.54, 1.807) is 0 Å². The van der Waals surface area contributed by atoms with E-state index in [2.05, 4.69) is 33.8 Å². The topological polar surface area (TPSA) is 18.5 Å². The third kappa shape index (κ3) is 3.70. The SMILES string of the molecule is CCCNC1CC2CCC(C1)N2CCN1CCSCC1. The fraction of sp³-hybridized carbons (Fsp3) is 1.00. The molecule has 0 radical (unpaired) electrons. The first-order valence-electron chi connectivity index (χ1n) is 8.66. The van der Waals surface area contributed by atoms with Crippen molar-refractivity contribution in [2.75, 3.05) is 44.2 Å². The molecule has 2 atom stereocenters. The Kier molecular flexibility index (Phi) is 5.66. The Labute approximate surface area is 128 Å². The third-order valence-electron chi connectivity index (χ3n) is 5.35. The van der Waals surface area contributed by atoms with Crippen molar-refractivity contribution in [3.05, 3.63) is 0 Å². The third-order valence-corrected chi connectivity index (χ3v) is 6.29. The number of nitrogens with one attached hydrogen (secondary N) is 1. The molecule has 3 rings (SSSR count). The summed E-state index contributed by atoms with van der Waals surface area (Å²) in [7, 11) is 0. The lowest BCUT2D eigenvalue weighted by Crippen LogP contribution is -2.51. The maximum absolute atomic E-state index is 3.76. The predicted molar refractivity (Wildman–Crippen MR) is 88.6 cm³/mol. The van der Waals surface area contributed by atoms with Gasteiger partial charge in [-0.1, -0.05) is 6.92 Å². The van der Waals surface area contributed by atoms with Gasteiger partial charge < -0.3 is 10.2 Å². The first-order valence-corrected chi connectivity index (χ1v) is 9.81. The van der Waals surface area contributed by atoms with Crippen molar-refractivity contribution in [2.45, 2.75) is 57.2 Å². The van der Waals surface area contributed by atoms with Gasteiger partial charge in [-0.2, -0.15) is 11.8 Å². The van der Waals surface area contributed by atoms with Crippen LogP contribution in [0, 0.1) is 0 Å². The Balaban J connectivity index is 1.44. The lowest BCUT2D eigenvalue weighted by molar-refractivity contribution is 0.102. The molecule has 2 unspecified atom stereocenters. The second kappa shape index (κ2) is 7.48. The van der Waals surface area contributed by atoms with Crippen molar-refractivity contribution >= 4 is 11.8 Å². The Morgan fingerprint density at radius 1 is 1.05 bits per heavy atom. The molecule has 0 aromatic rings. The average Bonchev–Trinajstić information content (AvgIpc) is 2.73. The molecule has 0 spiro atoms. The van der Waals surface area contributed by atoms with Gasteiger partial charge in [-0.25, -0.2) is 0 Å². The van der Waals surface area contributed by atoms with Gasteiger partial charge >= 0.3 is 0 Å². The summed E-state index contributed by atoms with van der Waals surface area (Å²) < 4.78 is 0. The highest BCUT2D eigenvalue weighted by Crippen LogP contribution is 2.35. The molecular weight excluding hydrogens is 266 g/mol. The van der Waals surface area contributed by atoms with Gasteiger partial charge in [0.25, 0.3) is 0 Å². The van der Waals surface area contributed by atoms with Crippen molar-refractivity contribution < 1.29 is 0 Å². The molecule has 3 fully saturated rings. The summed E-state index contributed by atoms with van der Waals surface area (Å²) in [6.45, 7) is 8.73. The van der Waals surface area contributed by atoms with Gasteiger partial charge in [0.1, 0.15) is 0 Å². The quantitative estimate of drug-likeness (QED) is 0.808. The fourth-order valence-corrected chi connectivity index (χ4v) is 5.21. The van der Waals surface area contributed by atoms with Crippen molar-refractivity contribution in [3.8, 4) is 0 Å². The molecule has 0 aromatic carbocycles. The van der Waals surface area contributed by atoms with Gasteiger partial charge in [0, 0.05) is 55.8 Å². The number of fused-ring (bicyclic) bond motifs is 2. The van der Waals surface area contributed by atoms with Gasteiger partial charge in [0.2, 0.25) is 0 Å². The van der Waals surface area contributed by atoms with Gasteiger partial charge in [0.05, 0.1) is 0 Å². The first kappa shape index (κ1) is 15.1. The van der Waals surface area contributed by atoms with E-state index in [-0.39, 0.29) is 0 Å². The van der Waals surface area contributed by atoms with Crippen LogP contribution in [-0.2, 0) is 0 Å². The average molecular weight is 298 g/mol. The number of hydrogen-bond acceptors (Lipinski definition) is 4. The van der Waals surface area contributed by atoms with Crippen LogP contribution in [-0.4, -0.2) is 72.2 Å². The van der Waals surface area contributed by atoms with E-state index in [0.717, 1.165) is 18.1 Å². The van der Waals surface area contributed by atoms with Crippen molar-refractivity contribution in [2.24, 2.45) is 0 Å². The smallest absolute Gasteiger partial charge is 0.0115 e. The fourth-order valence-electron chi connectivity index (χ4n) is 4.24. The molecule has 1 N–H and O–H groups in total. The molecule has 0 aromatic heterocycles. The first-order chi connectivity index (χ1) is 9.86. The zero-order valence-corrected chi connectivity index (χ0v) is 13.8. The molecule has 2 bridgehead atoms. The summed E-state index contributed by atoms with van der Waals surface area (Å²) in [6.07, 6.45) is 6.96. The number of hydrogen-bond donors (Lipinski definition) is 1. The molecule has 4 heteroatoms. The molecule has 0 amide bonds. The minimum Gasteiger partial charge on any atom is -0.314 e. The molecule has 116 valence electrons. The largest absolute Gasteiger partial charge is 0.314 e. The van der Waals surface area contributed by atoms with Crippen molar-refractivity contribution in [3.63, 3.8) is 0 Å². The predicted octanol–water partition coefficient (Wildman–Crippen LogP) is 2.03. The van der Waals surface area contributed by atoms with Crippen LogP contribution >= 0.6 is 11.8 Å². The van der Waals surface area contributed by atoms with Gasteiger partial charge in [-0.15, -0.1) is 0 Å². The second-order valence-corrected chi connectivity index (χ2v) is 7.92. The summed E-state index contributed by atoms with van der Waals surface area (Å²) in [4.78, 5) is 5.53. The van der Waals surface area contributed by atoms with Gasteiger partial charge in [0.15, 0.2) is 0 Å². The van der Waals surface area contributed by atoms with E-state index in [4.69, 9.17) is 0 Å². The van der Waals surface area contributed by atoms with Crippen LogP contribution in [0.4, 0.5) is 0 Å². The lowest BCUT2D eigenvalue weighted by Gasteiger charge is -2.40. The molecule has 20 heavy (non-hydrogen) atoms. The Hall–Kier alpha value is 0.230. The van der Waals surface area contributed by atoms with E-state index < -0.39 is 0 Å². The maximum atomic E-state index is 3.76. The van der Waals surface area contributed by atoms with Crippen LogP contribution in [0.5, 0.6) is 0 Å². The lowest BCUT2D eigenvalue weighted by atomic mass is 9.97. The number of piperidine rings is 1. The maximum Gasteiger partial charge on any atom is 0.0115 e. The van der Waals surface area contributed by atoms with Gasteiger partial charge in [-0.3, -0.25) is 4.90 Å². The Morgan fingerprint density at radius 2 is 1.75 bits per heavy atom. The van der Waals surface area contributed by atoms with Crippen LogP contribution in [0.1, 0.15) is 39.0 Å². The van der Waals surface area contributed by atoms with Crippen molar-refractivity contribution in [1.29, 1.82) is 0 Å². The Morgan fingerprint density at radius 3 is 2.40 bits per heavy atom. The molecule has 0 aliphatic carbocycles. The van der Waals surface area contributed by atoms with E-state index in [1.165, 1.54) is 76.3 Å². The number of rotatable bonds is 6. The molecular formula is C16H31N3S. The van der Waals surface area contributed by atoms with E-state index in [9.17, 15) is 0 Å². The molecule has 0 saturated carbocycles. The molecule has 3 nitrogen and oxygen atoms in total. The standard InChI is InChI=1S/C16H31N3S/c1-2-5-17-14-12-15-3-4-16(13-14)19(15)7-6-18-8-10-20-11-9-18/h14-17H,2-13H2,1H3. The van der Waals surface area contributed by atoms with Crippen LogP contribution in [0.2, 0.25) is 0 Å². The summed E-state index contributed by atoms with van der Waals surface area (Å²) in [5.74, 6) is 2.69. The van der Waals surface area contributed by atoms with Crippen LogP contribution < -0.4 is 5.32 Å². The monoisotopic (exact) mass is 297 g/mol. The molecule has 3 saturated heterocycles. The summed E-state index contributed by atoms with van der Waals surface area (Å²) in [6, 6.07) is 2.56. The van der Waals surface area contributed by atoms with Crippen LogP contribution in [0.15, 0.2) is 0 Å². The van der Waals surface area contributed by atoms with E-state index in [1.807, 2.05) is 0 Å². The molecule has 3 aliphatic heterocycles. The summed E-state index contributed by atoms with van der Waals surface area (Å²) >= 11 is 2.12. The highest BCUT2D eigenvalue weighted by atomic mass is 32.2. The zero-order valence-electron chi connectivity index (χ0n) is 13.0. The number of thioether (sulfide) groups is 1.